The lowest BCUT2D eigenvalue weighted by atomic mass is 10.2. The number of benzene rings is 1. The third kappa shape index (κ3) is 3.91. The Balaban J connectivity index is 2.28. The Hall–Kier alpha value is -2.15. The minimum atomic E-state index is -0.617. The van der Waals surface area contributed by atoms with Crippen LogP contribution in [-0.4, -0.2) is 21.1 Å². The van der Waals surface area contributed by atoms with E-state index in [1.807, 2.05) is 6.07 Å². The van der Waals surface area contributed by atoms with E-state index in [2.05, 4.69) is 16.9 Å². The molecule has 7 heteroatoms. The van der Waals surface area contributed by atoms with Gasteiger partial charge in [-0.05, 0) is 30.8 Å². The first-order valence-electron chi connectivity index (χ1n) is 6.80. The van der Waals surface area contributed by atoms with Gasteiger partial charge in [-0.1, -0.05) is 25.8 Å². The maximum absolute atomic E-state index is 11.9. The lowest BCUT2D eigenvalue weighted by Crippen LogP contribution is -2.31. The second-order valence-corrected chi connectivity index (χ2v) is 4.96. The molecule has 0 aliphatic heterocycles. The van der Waals surface area contributed by atoms with Gasteiger partial charge in [-0.2, -0.15) is 0 Å². The first-order valence-corrected chi connectivity index (χ1v) is 7.21. The first kappa shape index (κ1) is 15.2. The molecule has 0 saturated heterocycles. The van der Waals surface area contributed by atoms with Crippen molar-refractivity contribution >= 4 is 12.2 Å². The van der Waals surface area contributed by atoms with Gasteiger partial charge < -0.3 is 4.74 Å². The molecule has 21 heavy (non-hydrogen) atoms. The molecule has 0 amide bonds. The topological polar surface area (TPSA) is 79.9 Å². The van der Waals surface area contributed by atoms with Gasteiger partial charge in [0.25, 0.3) is 0 Å². The highest BCUT2D eigenvalue weighted by Crippen LogP contribution is 2.16. The lowest BCUT2D eigenvalue weighted by molar-refractivity contribution is 0.306. The molecule has 0 atom stereocenters. The Morgan fingerprint density at radius 3 is 2.76 bits per heavy atom. The van der Waals surface area contributed by atoms with Crippen LogP contribution in [0.4, 0.5) is 0 Å². The number of hydrogen-bond donors (Lipinski definition) is 2. The zero-order valence-corrected chi connectivity index (χ0v) is 12.5. The number of nitrogens with one attached hydrogen (secondary N) is 2. The fourth-order valence-electron chi connectivity index (χ4n) is 1.92. The normalized spacial score (nSPS) is 10.5. The molecule has 1 aromatic carbocycles. The summed E-state index contributed by atoms with van der Waals surface area (Å²) in [6.45, 7) is 2.76. The number of H-pyrrole nitrogens is 2. The van der Waals surface area contributed by atoms with Crippen molar-refractivity contribution in [2.75, 3.05) is 6.61 Å². The van der Waals surface area contributed by atoms with Crippen molar-refractivity contribution in [2.24, 2.45) is 0 Å². The molecule has 6 nitrogen and oxygen atoms in total. The summed E-state index contributed by atoms with van der Waals surface area (Å²) in [5.41, 5.74) is -0.648. The van der Waals surface area contributed by atoms with E-state index >= 15 is 0 Å². The van der Waals surface area contributed by atoms with Gasteiger partial charge in [0.2, 0.25) is 0 Å². The predicted molar refractivity (Wildman–Crippen MR) is 82.9 cm³/mol. The summed E-state index contributed by atoms with van der Waals surface area (Å²) < 4.78 is 6.91. The highest BCUT2D eigenvalue weighted by molar-refractivity contribution is 7.71. The van der Waals surface area contributed by atoms with Gasteiger partial charge in [-0.15, -0.1) is 0 Å². The quantitative estimate of drug-likeness (QED) is 0.633. The number of rotatable bonds is 6. The third-order valence-electron chi connectivity index (χ3n) is 2.94. The summed E-state index contributed by atoms with van der Waals surface area (Å²) in [6.07, 6.45) is 3.23. The molecule has 0 aliphatic rings. The second kappa shape index (κ2) is 7.03. The summed E-state index contributed by atoms with van der Waals surface area (Å²) >= 11 is 5.02. The van der Waals surface area contributed by atoms with Crippen molar-refractivity contribution < 1.29 is 4.74 Å². The summed E-state index contributed by atoms with van der Waals surface area (Å²) in [5.74, 6) is 0.663. The number of ether oxygens (including phenoxy) is 1. The Labute approximate surface area is 126 Å². The van der Waals surface area contributed by atoms with Gasteiger partial charge in [0.05, 0.1) is 12.3 Å². The number of aromatic nitrogens is 3. The molecule has 2 aromatic rings. The second-order valence-electron chi connectivity index (χ2n) is 4.58. The van der Waals surface area contributed by atoms with Crippen molar-refractivity contribution in [3.8, 4) is 11.4 Å². The summed E-state index contributed by atoms with van der Waals surface area (Å²) in [5, 5.41) is 0. The fourth-order valence-corrected chi connectivity index (χ4v) is 2.20. The number of aromatic amines is 2. The fraction of sp³-hybridized carbons (Fsp3) is 0.357. The molecule has 0 radical (unpaired) electrons. The molecule has 2 N–H and O–H groups in total. The van der Waals surface area contributed by atoms with E-state index in [4.69, 9.17) is 17.0 Å². The van der Waals surface area contributed by atoms with Crippen molar-refractivity contribution in [1.82, 2.24) is 14.5 Å². The van der Waals surface area contributed by atoms with Gasteiger partial charge in [-0.25, -0.2) is 14.2 Å². The number of hydrogen-bond acceptors (Lipinski definition) is 4. The molecule has 1 aromatic heterocycles. The van der Waals surface area contributed by atoms with Crippen LogP contribution in [0.5, 0.6) is 5.75 Å². The van der Waals surface area contributed by atoms with E-state index in [0.29, 0.717) is 18.0 Å². The molecule has 0 saturated carbocycles. The standard InChI is InChI=1S/C14H17N3O3S/c1-2-3-4-8-20-11-7-5-6-10(9-11)17-13(19)15-12(18)16-14(17)21/h5-7,9H,2-4,8H2,1H3,(H2,15,16,18,19,21). The van der Waals surface area contributed by atoms with Gasteiger partial charge in [-0.3, -0.25) is 9.97 Å². The molecular weight excluding hydrogens is 290 g/mol. The summed E-state index contributed by atoms with van der Waals surface area (Å²) in [6, 6.07) is 7.04. The molecule has 2 rings (SSSR count). The SMILES string of the molecule is CCCCCOc1cccc(-n2c(=O)[nH]c(=O)[nH]c2=S)c1. The maximum Gasteiger partial charge on any atom is 0.336 e. The molecular formula is C14H17N3O3S. The van der Waals surface area contributed by atoms with E-state index < -0.39 is 11.4 Å². The van der Waals surface area contributed by atoms with E-state index in [0.717, 1.165) is 19.3 Å². The van der Waals surface area contributed by atoms with Crippen LogP contribution in [0.2, 0.25) is 0 Å². The molecule has 1 heterocycles. The van der Waals surface area contributed by atoms with Crippen molar-refractivity contribution in [3.05, 3.63) is 50.0 Å². The van der Waals surface area contributed by atoms with Crippen LogP contribution in [0, 0.1) is 4.77 Å². The average molecular weight is 307 g/mol. The van der Waals surface area contributed by atoms with Gasteiger partial charge >= 0.3 is 11.4 Å². The van der Waals surface area contributed by atoms with Crippen LogP contribution in [-0.2, 0) is 0 Å². The zero-order valence-electron chi connectivity index (χ0n) is 11.7. The largest absolute Gasteiger partial charge is 0.494 e. The third-order valence-corrected chi connectivity index (χ3v) is 3.22. The highest BCUT2D eigenvalue weighted by atomic mass is 32.1. The van der Waals surface area contributed by atoms with Crippen LogP contribution >= 0.6 is 12.2 Å². The van der Waals surface area contributed by atoms with Crippen LogP contribution in [0.1, 0.15) is 26.2 Å². The van der Waals surface area contributed by atoms with Gasteiger partial charge in [0.1, 0.15) is 5.75 Å². The van der Waals surface area contributed by atoms with Crippen LogP contribution < -0.4 is 16.1 Å². The Kier molecular flexibility index (Phi) is 5.10. The smallest absolute Gasteiger partial charge is 0.336 e. The summed E-state index contributed by atoms with van der Waals surface area (Å²) in [7, 11) is 0. The van der Waals surface area contributed by atoms with Crippen LogP contribution in [0.15, 0.2) is 33.9 Å². The molecule has 0 spiro atoms. The monoisotopic (exact) mass is 307 g/mol. The van der Waals surface area contributed by atoms with E-state index in [1.165, 1.54) is 4.57 Å². The Morgan fingerprint density at radius 2 is 2.05 bits per heavy atom. The average Bonchev–Trinajstić information content (AvgIpc) is 2.43. The van der Waals surface area contributed by atoms with Gasteiger partial charge in [0, 0.05) is 6.07 Å². The maximum atomic E-state index is 11.9. The Bertz CT molecular complexity index is 742. The van der Waals surface area contributed by atoms with Crippen molar-refractivity contribution in [2.45, 2.75) is 26.2 Å². The van der Waals surface area contributed by atoms with Crippen LogP contribution in [0.3, 0.4) is 0 Å². The van der Waals surface area contributed by atoms with E-state index in [1.54, 1.807) is 18.2 Å². The van der Waals surface area contributed by atoms with Crippen molar-refractivity contribution in [1.29, 1.82) is 0 Å². The number of nitrogens with zero attached hydrogens (tertiary/aromatic N) is 1. The molecule has 0 unspecified atom stereocenters. The van der Waals surface area contributed by atoms with E-state index in [9.17, 15) is 9.59 Å². The Morgan fingerprint density at radius 1 is 1.24 bits per heavy atom. The van der Waals surface area contributed by atoms with Crippen LogP contribution in [0.25, 0.3) is 5.69 Å². The number of unbranched alkanes of at least 4 members (excludes halogenated alkanes) is 2. The van der Waals surface area contributed by atoms with Crippen molar-refractivity contribution in [3.63, 3.8) is 0 Å². The lowest BCUT2D eigenvalue weighted by Gasteiger charge is -2.09. The minimum absolute atomic E-state index is 0.0480. The van der Waals surface area contributed by atoms with E-state index in [-0.39, 0.29) is 4.77 Å². The molecule has 0 aliphatic carbocycles. The summed E-state index contributed by atoms with van der Waals surface area (Å²) in [4.78, 5) is 27.5. The molecule has 0 fully saturated rings. The molecule has 0 bridgehead atoms. The first-order chi connectivity index (χ1) is 10.1. The minimum Gasteiger partial charge on any atom is -0.494 e. The van der Waals surface area contributed by atoms with Gasteiger partial charge in [0.15, 0.2) is 4.77 Å². The molecule has 112 valence electrons. The zero-order chi connectivity index (χ0) is 15.2. The highest BCUT2D eigenvalue weighted by Gasteiger charge is 2.05. The predicted octanol–water partition coefficient (Wildman–Crippen LogP) is 2.15.